The van der Waals surface area contributed by atoms with Gasteiger partial charge in [-0.05, 0) is 6.42 Å². The summed E-state index contributed by atoms with van der Waals surface area (Å²) in [7, 11) is 0. The van der Waals surface area contributed by atoms with Crippen molar-refractivity contribution in [3.8, 4) is 11.3 Å². The molecule has 0 bridgehead atoms. The lowest BCUT2D eigenvalue weighted by Crippen LogP contribution is -2.09. The van der Waals surface area contributed by atoms with Crippen molar-refractivity contribution in [2.45, 2.75) is 19.9 Å². The fourth-order valence-electron chi connectivity index (χ4n) is 1.43. The fourth-order valence-corrected chi connectivity index (χ4v) is 1.43. The number of aromatic nitrogens is 4. The number of hydrogen-bond acceptors (Lipinski definition) is 4. The molecule has 2 heterocycles. The molecule has 2 rings (SSSR count). The van der Waals surface area contributed by atoms with Crippen LogP contribution < -0.4 is 11.6 Å². The molecule has 0 aliphatic carbocycles. The second-order valence-corrected chi connectivity index (χ2v) is 3.38. The third-order valence-corrected chi connectivity index (χ3v) is 2.19. The molecule has 2 aromatic rings. The van der Waals surface area contributed by atoms with Crippen molar-refractivity contribution in [1.29, 1.82) is 0 Å². The van der Waals surface area contributed by atoms with Gasteiger partial charge in [-0.2, -0.15) is 5.10 Å². The smallest absolute Gasteiger partial charge is 0.150 e. The number of aryl methyl sites for hydroxylation is 1. The van der Waals surface area contributed by atoms with Crippen LogP contribution in [-0.2, 0) is 6.54 Å². The first-order valence-electron chi connectivity index (χ1n) is 4.83. The van der Waals surface area contributed by atoms with E-state index >= 15 is 0 Å². The lowest BCUT2D eigenvalue weighted by atomic mass is 10.2. The molecule has 0 spiro atoms. The average molecular weight is 206 g/mol. The Morgan fingerprint density at radius 1 is 1.47 bits per heavy atom. The molecule has 2 aromatic heterocycles. The molecule has 0 aromatic carbocycles. The Morgan fingerprint density at radius 2 is 2.27 bits per heavy atom. The van der Waals surface area contributed by atoms with Crippen molar-refractivity contribution >= 4 is 5.82 Å². The Morgan fingerprint density at radius 3 is 2.87 bits per heavy atom. The Labute approximate surface area is 87.5 Å². The number of imidazole rings is 1. The van der Waals surface area contributed by atoms with Gasteiger partial charge in [0.05, 0.1) is 6.20 Å². The molecule has 6 heteroatoms. The molecule has 0 saturated heterocycles. The van der Waals surface area contributed by atoms with Crippen molar-refractivity contribution in [1.82, 2.24) is 19.4 Å². The number of anilines is 1. The Balaban J connectivity index is 2.33. The van der Waals surface area contributed by atoms with Crippen molar-refractivity contribution < 1.29 is 0 Å². The quantitative estimate of drug-likeness (QED) is 0.714. The Bertz CT molecular complexity index is 455. The Hall–Kier alpha value is -1.98. The Kier molecular flexibility index (Phi) is 2.32. The van der Waals surface area contributed by atoms with Crippen LogP contribution in [-0.4, -0.2) is 19.4 Å². The summed E-state index contributed by atoms with van der Waals surface area (Å²) >= 11 is 0. The largest absolute Gasteiger partial charge is 0.382 e. The van der Waals surface area contributed by atoms with Gasteiger partial charge < -0.3 is 11.6 Å². The lowest BCUT2D eigenvalue weighted by Gasteiger charge is -1.96. The van der Waals surface area contributed by atoms with Gasteiger partial charge in [0, 0.05) is 18.3 Å². The summed E-state index contributed by atoms with van der Waals surface area (Å²) < 4.78 is 3.16. The van der Waals surface area contributed by atoms with Crippen LogP contribution in [0.3, 0.4) is 0 Å². The van der Waals surface area contributed by atoms with Crippen LogP contribution >= 0.6 is 0 Å². The highest BCUT2D eigenvalue weighted by Gasteiger charge is 2.10. The van der Waals surface area contributed by atoms with Gasteiger partial charge in [0.1, 0.15) is 12.0 Å². The van der Waals surface area contributed by atoms with Crippen LogP contribution in [0.1, 0.15) is 13.3 Å². The van der Waals surface area contributed by atoms with E-state index in [2.05, 4.69) is 17.0 Å². The third-order valence-electron chi connectivity index (χ3n) is 2.19. The molecule has 6 nitrogen and oxygen atoms in total. The topological polar surface area (TPSA) is 87.7 Å². The van der Waals surface area contributed by atoms with E-state index in [4.69, 9.17) is 11.6 Å². The monoisotopic (exact) mass is 206 g/mol. The molecule has 0 radical (unpaired) electrons. The number of nitrogens with two attached hydrogens (primary N) is 2. The van der Waals surface area contributed by atoms with E-state index in [1.54, 1.807) is 6.20 Å². The minimum atomic E-state index is 0.450. The van der Waals surface area contributed by atoms with E-state index in [1.165, 1.54) is 11.0 Å². The first kappa shape index (κ1) is 9.57. The van der Waals surface area contributed by atoms with Crippen LogP contribution in [0.25, 0.3) is 11.3 Å². The van der Waals surface area contributed by atoms with Crippen LogP contribution in [0, 0.1) is 0 Å². The van der Waals surface area contributed by atoms with Gasteiger partial charge >= 0.3 is 0 Å². The summed E-state index contributed by atoms with van der Waals surface area (Å²) in [4.78, 5) is 4.12. The maximum atomic E-state index is 5.76. The van der Waals surface area contributed by atoms with Crippen molar-refractivity contribution in [3.63, 3.8) is 0 Å². The summed E-state index contributed by atoms with van der Waals surface area (Å²) in [6, 6.07) is 0. The fraction of sp³-hybridized carbons (Fsp3) is 0.333. The molecule has 0 unspecified atom stereocenters. The van der Waals surface area contributed by atoms with Crippen molar-refractivity contribution in [2.24, 2.45) is 0 Å². The standard InChI is InChI=1S/C9H14N6/c1-2-3-14-5-7(4-13-14)8-9(10)15(11)6-12-8/h4-6H,2-3,10-11H2,1H3. The average Bonchev–Trinajstić information content (AvgIpc) is 2.77. The third kappa shape index (κ3) is 1.65. The van der Waals surface area contributed by atoms with Gasteiger partial charge in [-0.15, -0.1) is 0 Å². The molecule has 0 atom stereocenters. The molecule has 0 fully saturated rings. The first-order valence-corrected chi connectivity index (χ1v) is 4.83. The highest BCUT2D eigenvalue weighted by Crippen LogP contribution is 2.21. The molecule has 0 amide bonds. The number of rotatable bonds is 3. The summed E-state index contributed by atoms with van der Waals surface area (Å²) in [6.07, 6.45) is 6.19. The molecule has 80 valence electrons. The SMILES string of the molecule is CCCn1cc(-c2ncn(N)c2N)cn1. The maximum absolute atomic E-state index is 5.76. The highest BCUT2D eigenvalue weighted by molar-refractivity contribution is 5.69. The van der Waals surface area contributed by atoms with Crippen LogP contribution in [0.4, 0.5) is 5.82 Å². The van der Waals surface area contributed by atoms with E-state index in [1.807, 2.05) is 10.9 Å². The summed E-state index contributed by atoms with van der Waals surface area (Å²) in [5.41, 5.74) is 7.33. The van der Waals surface area contributed by atoms with Crippen molar-refractivity contribution in [2.75, 3.05) is 11.6 Å². The van der Waals surface area contributed by atoms with Gasteiger partial charge in [-0.3, -0.25) is 4.68 Å². The summed E-state index contributed by atoms with van der Waals surface area (Å²) in [5, 5.41) is 4.20. The molecule has 4 N–H and O–H groups in total. The molecular weight excluding hydrogens is 192 g/mol. The van der Waals surface area contributed by atoms with E-state index in [9.17, 15) is 0 Å². The lowest BCUT2D eigenvalue weighted by molar-refractivity contribution is 0.603. The van der Waals surface area contributed by atoms with E-state index in [0.29, 0.717) is 11.5 Å². The normalized spacial score (nSPS) is 10.7. The zero-order valence-electron chi connectivity index (χ0n) is 8.59. The molecule has 15 heavy (non-hydrogen) atoms. The molecule has 0 saturated carbocycles. The zero-order chi connectivity index (χ0) is 10.8. The van der Waals surface area contributed by atoms with Gasteiger partial charge in [0.25, 0.3) is 0 Å². The van der Waals surface area contributed by atoms with Crippen molar-refractivity contribution in [3.05, 3.63) is 18.7 Å². The maximum Gasteiger partial charge on any atom is 0.150 e. The zero-order valence-corrected chi connectivity index (χ0v) is 8.59. The minimum Gasteiger partial charge on any atom is -0.382 e. The number of nitrogen functional groups attached to an aromatic ring is 2. The predicted octanol–water partition coefficient (Wildman–Crippen LogP) is 0.453. The number of nitrogens with zero attached hydrogens (tertiary/aromatic N) is 4. The second kappa shape index (κ2) is 3.64. The van der Waals surface area contributed by atoms with Gasteiger partial charge in [0.2, 0.25) is 0 Å². The molecular formula is C9H14N6. The van der Waals surface area contributed by atoms with Crippen LogP contribution in [0.2, 0.25) is 0 Å². The van der Waals surface area contributed by atoms with Crippen LogP contribution in [0.15, 0.2) is 18.7 Å². The van der Waals surface area contributed by atoms with Crippen LogP contribution in [0.5, 0.6) is 0 Å². The van der Waals surface area contributed by atoms with Gasteiger partial charge in [-0.25, -0.2) is 9.66 Å². The second-order valence-electron chi connectivity index (χ2n) is 3.38. The van der Waals surface area contributed by atoms with E-state index < -0.39 is 0 Å². The first-order chi connectivity index (χ1) is 7.22. The highest BCUT2D eigenvalue weighted by atomic mass is 15.3. The predicted molar refractivity (Wildman–Crippen MR) is 58.3 cm³/mol. The van der Waals surface area contributed by atoms with E-state index in [0.717, 1.165) is 18.5 Å². The summed E-state index contributed by atoms with van der Waals surface area (Å²) in [6.45, 7) is 2.99. The van der Waals surface area contributed by atoms with E-state index in [-0.39, 0.29) is 0 Å². The van der Waals surface area contributed by atoms with Gasteiger partial charge in [0.15, 0.2) is 5.82 Å². The number of hydrogen-bond donors (Lipinski definition) is 2. The molecule has 0 aliphatic heterocycles. The molecule has 0 aliphatic rings. The summed E-state index contributed by atoms with van der Waals surface area (Å²) in [5.74, 6) is 6.00. The van der Waals surface area contributed by atoms with Gasteiger partial charge in [-0.1, -0.05) is 6.92 Å². The minimum absolute atomic E-state index is 0.450.